The molecule has 0 aliphatic carbocycles. The Morgan fingerprint density at radius 1 is 1.08 bits per heavy atom. The number of carbonyl (C=O) groups excluding carboxylic acids is 2. The van der Waals surface area contributed by atoms with Gasteiger partial charge in [0.2, 0.25) is 11.8 Å². The highest BCUT2D eigenvalue weighted by Gasteiger charge is 2.37. The molecule has 0 saturated carbocycles. The second kappa shape index (κ2) is 13.0. The summed E-state index contributed by atoms with van der Waals surface area (Å²) < 4.78 is 0. The number of carbonyl (C=O) groups is 2. The number of likely N-dealkylation sites (tertiary alicyclic amines) is 1. The molecule has 2 fully saturated rings. The zero-order valence-corrected chi connectivity index (χ0v) is 21.7. The smallest absolute Gasteiger partial charge is 0.245 e. The van der Waals surface area contributed by atoms with Gasteiger partial charge in [0.25, 0.3) is 0 Å². The molecule has 2 aliphatic heterocycles. The number of anilines is 3. The summed E-state index contributed by atoms with van der Waals surface area (Å²) in [4.78, 5) is 40.8. The number of nitrogens with zero attached hydrogens (tertiary/aromatic N) is 7. The Hall–Kier alpha value is -3.54. The molecule has 9 heteroatoms. The average molecular weight is 494 g/mol. The summed E-state index contributed by atoms with van der Waals surface area (Å²) in [6.07, 6.45) is 5.05. The monoisotopic (exact) mass is 493 g/mol. The standard InChI is InChI=1S/C27H39N7O2/c1-5-15-30(7-3)22-11-12-24(31(8-4)16-6-2)29-26(22)32-18-20-33(21-19-32)27(36)23-10-9-17-34(23)25(35)13-14-28/h5-6,11-12,23H,1-2,7-10,13,15-21H2,3-4H3. The summed E-state index contributed by atoms with van der Waals surface area (Å²) in [6.45, 7) is 18.1. The third-order valence-electron chi connectivity index (χ3n) is 6.95. The number of piperazine rings is 1. The van der Waals surface area contributed by atoms with Crippen LogP contribution in [0.5, 0.6) is 0 Å². The molecule has 3 rings (SSSR count). The Bertz CT molecular complexity index is 981. The zero-order valence-electron chi connectivity index (χ0n) is 21.7. The Morgan fingerprint density at radius 2 is 1.75 bits per heavy atom. The number of hydrogen-bond donors (Lipinski definition) is 0. The van der Waals surface area contributed by atoms with E-state index in [0.29, 0.717) is 39.1 Å². The summed E-state index contributed by atoms with van der Waals surface area (Å²) in [5.41, 5.74) is 1.06. The maximum atomic E-state index is 13.3. The van der Waals surface area contributed by atoms with Crippen LogP contribution in [0.2, 0.25) is 0 Å². The Morgan fingerprint density at radius 3 is 2.36 bits per heavy atom. The van der Waals surface area contributed by atoms with Gasteiger partial charge in [-0.05, 0) is 38.8 Å². The van der Waals surface area contributed by atoms with Crippen molar-refractivity contribution in [2.45, 2.75) is 39.2 Å². The summed E-state index contributed by atoms with van der Waals surface area (Å²) >= 11 is 0. The van der Waals surface area contributed by atoms with Crippen LogP contribution in [0.1, 0.15) is 33.1 Å². The van der Waals surface area contributed by atoms with Crippen LogP contribution in [-0.4, -0.2) is 91.5 Å². The van der Waals surface area contributed by atoms with Crippen LogP contribution in [0.4, 0.5) is 17.3 Å². The maximum Gasteiger partial charge on any atom is 0.245 e. The number of rotatable bonds is 11. The first kappa shape index (κ1) is 27.1. The largest absolute Gasteiger partial charge is 0.365 e. The van der Waals surface area contributed by atoms with E-state index in [1.165, 1.54) is 0 Å². The van der Waals surface area contributed by atoms with Gasteiger partial charge >= 0.3 is 0 Å². The lowest BCUT2D eigenvalue weighted by molar-refractivity contribution is -0.143. The second-order valence-electron chi connectivity index (χ2n) is 9.06. The fourth-order valence-electron chi connectivity index (χ4n) is 5.02. The van der Waals surface area contributed by atoms with Gasteiger partial charge in [0.1, 0.15) is 18.3 Å². The highest BCUT2D eigenvalue weighted by Crippen LogP contribution is 2.32. The summed E-state index contributed by atoms with van der Waals surface area (Å²) in [5.74, 6) is 1.56. The molecule has 2 amide bonds. The number of aromatic nitrogens is 1. The van der Waals surface area contributed by atoms with Crippen LogP contribution in [0.15, 0.2) is 37.4 Å². The maximum absolute atomic E-state index is 13.3. The van der Waals surface area contributed by atoms with E-state index in [0.717, 1.165) is 49.9 Å². The molecule has 9 nitrogen and oxygen atoms in total. The minimum Gasteiger partial charge on any atom is -0.365 e. The van der Waals surface area contributed by atoms with Crippen molar-refractivity contribution in [2.24, 2.45) is 0 Å². The molecule has 0 N–H and O–H groups in total. The molecule has 0 aromatic carbocycles. The van der Waals surface area contributed by atoms with Crippen molar-refractivity contribution in [3.63, 3.8) is 0 Å². The summed E-state index contributed by atoms with van der Waals surface area (Å²) in [6, 6.07) is 5.65. The molecule has 0 spiro atoms. The topological polar surface area (TPSA) is 87.0 Å². The van der Waals surface area contributed by atoms with Crippen LogP contribution >= 0.6 is 0 Å². The van der Waals surface area contributed by atoms with E-state index < -0.39 is 6.04 Å². The van der Waals surface area contributed by atoms with Crippen LogP contribution in [-0.2, 0) is 9.59 Å². The summed E-state index contributed by atoms with van der Waals surface area (Å²) in [5, 5.41) is 8.90. The van der Waals surface area contributed by atoms with Crippen LogP contribution in [0.25, 0.3) is 0 Å². The first-order chi connectivity index (χ1) is 17.5. The van der Waals surface area contributed by atoms with Gasteiger partial charge in [-0.25, -0.2) is 4.98 Å². The molecule has 1 unspecified atom stereocenters. The van der Waals surface area contributed by atoms with Crippen molar-refractivity contribution in [1.82, 2.24) is 14.8 Å². The molecule has 3 heterocycles. The first-order valence-electron chi connectivity index (χ1n) is 12.9. The molecular weight excluding hydrogens is 454 g/mol. The molecular formula is C27H39N7O2. The lowest BCUT2D eigenvalue weighted by Crippen LogP contribution is -2.54. The van der Waals surface area contributed by atoms with Gasteiger partial charge < -0.3 is 24.5 Å². The van der Waals surface area contributed by atoms with E-state index in [2.05, 4.69) is 53.8 Å². The molecule has 1 aromatic heterocycles. The second-order valence-corrected chi connectivity index (χ2v) is 9.06. The fraction of sp³-hybridized carbons (Fsp3) is 0.556. The van der Waals surface area contributed by atoms with Crippen molar-refractivity contribution in [2.75, 3.05) is 73.6 Å². The van der Waals surface area contributed by atoms with E-state index in [4.69, 9.17) is 10.2 Å². The van der Waals surface area contributed by atoms with E-state index in [9.17, 15) is 9.59 Å². The number of hydrogen-bond acceptors (Lipinski definition) is 7. The minimum atomic E-state index is -0.449. The Balaban J connectivity index is 1.79. The highest BCUT2D eigenvalue weighted by molar-refractivity contribution is 5.89. The molecule has 2 saturated heterocycles. The van der Waals surface area contributed by atoms with E-state index >= 15 is 0 Å². The predicted molar refractivity (Wildman–Crippen MR) is 144 cm³/mol. The highest BCUT2D eigenvalue weighted by atomic mass is 16.2. The van der Waals surface area contributed by atoms with Crippen LogP contribution < -0.4 is 14.7 Å². The molecule has 0 bridgehead atoms. The third-order valence-corrected chi connectivity index (χ3v) is 6.95. The molecule has 194 valence electrons. The van der Waals surface area contributed by atoms with Gasteiger partial charge in [-0.2, -0.15) is 5.26 Å². The van der Waals surface area contributed by atoms with E-state index in [-0.39, 0.29) is 18.2 Å². The number of amides is 2. The molecule has 1 atom stereocenters. The normalized spacial score (nSPS) is 17.5. The molecule has 0 radical (unpaired) electrons. The number of likely N-dealkylation sites (N-methyl/N-ethyl adjacent to an activating group) is 2. The third kappa shape index (κ3) is 5.99. The van der Waals surface area contributed by atoms with Crippen LogP contribution in [0.3, 0.4) is 0 Å². The van der Waals surface area contributed by atoms with Gasteiger partial charge in [0.05, 0.1) is 11.8 Å². The van der Waals surface area contributed by atoms with Gasteiger partial charge in [-0.3, -0.25) is 9.59 Å². The van der Waals surface area contributed by atoms with Gasteiger partial charge in [0, 0.05) is 58.9 Å². The van der Waals surface area contributed by atoms with Gasteiger partial charge in [0.15, 0.2) is 5.82 Å². The Labute approximate surface area is 215 Å². The van der Waals surface area contributed by atoms with Gasteiger partial charge in [-0.1, -0.05) is 12.2 Å². The van der Waals surface area contributed by atoms with Gasteiger partial charge in [-0.15, -0.1) is 13.2 Å². The van der Waals surface area contributed by atoms with E-state index in [1.54, 1.807) is 4.90 Å². The molecule has 36 heavy (non-hydrogen) atoms. The lowest BCUT2D eigenvalue weighted by atomic mass is 10.1. The van der Waals surface area contributed by atoms with Crippen molar-refractivity contribution in [1.29, 1.82) is 5.26 Å². The average Bonchev–Trinajstić information content (AvgIpc) is 3.40. The minimum absolute atomic E-state index is 0.00893. The first-order valence-corrected chi connectivity index (χ1v) is 12.9. The number of pyridine rings is 1. The predicted octanol–water partition coefficient (Wildman–Crippen LogP) is 2.66. The quantitative estimate of drug-likeness (QED) is 0.438. The lowest BCUT2D eigenvalue weighted by Gasteiger charge is -2.39. The van der Waals surface area contributed by atoms with Crippen molar-refractivity contribution >= 4 is 29.1 Å². The number of nitriles is 1. The van der Waals surface area contributed by atoms with E-state index in [1.807, 2.05) is 23.1 Å². The summed E-state index contributed by atoms with van der Waals surface area (Å²) in [7, 11) is 0. The SMILES string of the molecule is C=CCN(CC)c1ccc(N(CC)CC=C)c(N2CCN(C(=O)C3CCCN3C(=O)CC#N)CC2)n1. The van der Waals surface area contributed by atoms with Crippen LogP contribution in [0, 0.1) is 11.3 Å². The fourth-order valence-corrected chi connectivity index (χ4v) is 5.02. The van der Waals surface area contributed by atoms with Crippen molar-refractivity contribution in [3.8, 4) is 6.07 Å². The van der Waals surface area contributed by atoms with Crippen molar-refractivity contribution in [3.05, 3.63) is 37.4 Å². The zero-order chi connectivity index (χ0) is 26.1. The molecule has 1 aromatic rings. The molecule has 2 aliphatic rings. The Kier molecular flexibility index (Phi) is 9.74. The van der Waals surface area contributed by atoms with Crippen molar-refractivity contribution < 1.29 is 9.59 Å².